The monoisotopic (exact) mass is 358 g/mol. The Morgan fingerprint density at radius 3 is 2.22 bits per heavy atom. The summed E-state index contributed by atoms with van der Waals surface area (Å²) >= 11 is 0. The molecule has 27 heavy (non-hydrogen) atoms. The third-order valence-electron chi connectivity index (χ3n) is 4.37. The Labute approximate surface area is 159 Å². The van der Waals surface area contributed by atoms with Gasteiger partial charge < -0.3 is 10.2 Å². The minimum atomic E-state index is -0.202. The average Bonchev–Trinajstić information content (AvgIpc) is 2.70. The third kappa shape index (κ3) is 4.23. The van der Waals surface area contributed by atoms with Gasteiger partial charge in [-0.05, 0) is 55.8 Å². The molecule has 0 spiro atoms. The lowest BCUT2D eigenvalue weighted by Crippen LogP contribution is -2.31. The topological polar surface area (TPSA) is 49.4 Å². The van der Waals surface area contributed by atoms with Crippen molar-refractivity contribution in [3.8, 4) is 0 Å². The van der Waals surface area contributed by atoms with Gasteiger partial charge in [0.15, 0.2) is 0 Å². The molecule has 0 saturated carbocycles. The minimum Gasteiger partial charge on any atom is -0.322 e. The summed E-state index contributed by atoms with van der Waals surface area (Å²) in [6, 6.07) is 23.8. The van der Waals surface area contributed by atoms with Crippen LogP contribution in [0.4, 0.5) is 11.4 Å². The van der Waals surface area contributed by atoms with Crippen LogP contribution in [-0.2, 0) is 0 Å². The van der Waals surface area contributed by atoms with Gasteiger partial charge in [-0.3, -0.25) is 9.59 Å². The van der Waals surface area contributed by atoms with Crippen molar-refractivity contribution in [1.82, 2.24) is 0 Å². The van der Waals surface area contributed by atoms with Gasteiger partial charge in [0.2, 0.25) is 0 Å². The fraction of sp³-hybridized carbons (Fsp3) is 0.130. The molecule has 0 saturated heterocycles. The Morgan fingerprint density at radius 2 is 1.52 bits per heavy atom. The molecule has 0 aliphatic rings. The van der Waals surface area contributed by atoms with E-state index in [2.05, 4.69) is 5.32 Å². The van der Waals surface area contributed by atoms with Gasteiger partial charge in [0, 0.05) is 29.0 Å². The lowest BCUT2D eigenvalue weighted by atomic mass is 10.1. The minimum absolute atomic E-state index is 0.0948. The molecular weight excluding hydrogens is 336 g/mol. The maximum Gasteiger partial charge on any atom is 0.258 e. The molecule has 136 valence electrons. The third-order valence-corrected chi connectivity index (χ3v) is 4.37. The molecule has 0 bridgehead atoms. The van der Waals surface area contributed by atoms with E-state index in [9.17, 15) is 9.59 Å². The molecule has 0 atom stereocenters. The zero-order valence-corrected chi connectivity index (χ0v) is 15.5. The van der Waals surface area contributed by atoms with E-state index in [0.29, 0.717) is 23.4 Å². The highest BCUT2D eigenvalue weighted by atomic mass is 16.2. The molecule has 4 nitrogen and oxygen atoms in total. The van der Waals surface area contributed by atoms with E-state index in [4.69, 9.17) is 0 Å². The lowest BCUT2D eigenvalue weighted by molar-refractivity contribution is 0.0985. The molecule has 0 heterocycles. The molecule has 0 unspecified atom stereocenters. The van der Waals surface area contributed by atoms with Crippen LogP contribution in [0.1, 0.15) is 33.2 Å². The van der Waals surface area contributed by atoms with E-state index in [0.717, 1.165) is 11.3 Å². The van der Waals surface area contributed by atoms with E-state index in [1.54, 1.807) is 41.3 Å². The number of carbonyl (C=O) groups is 2. The van der Waals surface area contributed by atoms with Crippen LogP contribution < -0.4 is 10.2 Å². The molecule has 0 radical (unpaired) electrons. The average molecular weight is 358 g/mol. The number of benzene rings is 3. The quantitative estimate of drug-likeness (QED) is 0.704. The molecule has 2 amide bonds. The zero-order chi connectivity index (χ0) is 19.2. The van der Waals surface area contributed by atoms with E-state index < -0.39 is 0 Å². The first-order valence-corrected chi connectivity index (χ1v) is 8.94. The molecule has 0 aliphatic heterocycles. The lowest BCUT2D eigenvalue weighted by Gasteiger charge is -2.23. The first kappa shape index (κ1) is 18.4. The Bertz CT molecular complexity index is 951. The van der Waals surface area contributed by atoms with Gasteiger partial charge >= 0.3 is 0 Å². The number of nitrogens with one attached hydrogen (secondary N) is 1. The van der Waals surface area contributed by atoms with Gasteiger partial charge in [-0.25, -0.2) is 0 Å². The number of nitrogens with zero attached hydrogens (tertiary/aromatic N) is 1. The van der Waals surface area contributed by atoms with Crippen LogP contribution in [0.2, 0.25) is 0 Å². The van der Waals surface area contributed by atoms with Gasteiger partial charge in [-0.15, -0.1) is 0 Å². The summed E-state index contributed by atoms with van der Waals surface area (Å²) in [6.07, 6.45) is 0. The SMILES string of the molecule is CCN(C(=O)c1cccc(NC(=O)c2ccccc2)c1)c1ccccc1C. The van der Waals surface area contributed by atoms with Crippen molar-refractivity contribution in [2.75, 3.05) is 16.8 Å². The van der Waals surface area contributed by atoms with Crippen LogP contribution in [-0.4, -0.2) is 18.4 Å². The summed E-state index contributed by atoms with van der Waals surface area (Å²) < 4.78 is 0. The summed E-state index contributed by atoms with van der Waals surface area (Å²) in [5.74, 6) is -0.297. The smallest absolute Gasteiger partial charge is 0.258 e. The standard InChI is InChI=1S/C23H22N2O2/c1-3-25(21-15-8-7-10-17(21)2)23(27)19-13-9-14-20(16-19)24-22(26)18-11-5-4-6-12-18/h4-16H,3H2,1-2H3,(H,24,26). The second-order valence-electron chi connectivity index (χ2n) is 6.24. The number of amides is 2. The molecule has 1 N–H and O–H groups in total. The van der Waals surface area contributed by atoms with E-state index in [-0.39, 0.29) is 11.8 Å². The number of rotatable bonds is 5. The fourth-order valence-corrected chi connectivity index (χ4v) is 2.97. The fourth-order valence-electron chi connectivity index (χ4n) is 2.97. The first-order chi connectivity index (χ1) is 13.1. The normalized spacial score (nSPS) is 10.3. The van der Waals surface area contributed by atoms with Crippen molar-refractivity contribution in [2.24, 2.45) is 0 Å². The van der Waals surface area contributed by atoms with Crippen molar-refractivity contribution >= 4 is 23.2 Å². The number of anilines is 2. The van der Waals surface area contributed by atoms with Crippen molar-refractivity contribution in [2.45, 2.75) is 13.8 Å². The maximum atomic E-state index is 13.0. The number of hydrogen-bond donors (Lipinski definition) is 1. The number of para-hydroxylation sites is 1. The molecule has 0 aliphatic carbocycles. The van der Waals surface area contributed by atoms with Gasteiger partial charge in [0.25, 0.3) is 11.8 Å². The van der Waals surface area contributed by atoms with E-state index in [1.165, 1.54) is 0 Å². The first-order valence-electron chi connectivity index (χ1n) is 8.94. The second kappa shape index (κ2) is 8.32. The zero-order valence-electron chi connectivity index (χ0n) is 15.5. The van der Waals surface area contributed by atoms with Crippen molar-refractivity contribution in [1.29, 1.82) is 0 Å². The predicted molar refractivity (Wildman–Crippen MR) is 109 cm³/mol. The van der Waals surface area contributed by atoms with E-state index >= 15 is 0 Å². The highest BCUT2D eigenvalue weighted by molar-refractivity contribution is 6.08. The highest BCUT2D eigenvalue weighted by Gasteiger charge is 2.18. The van der Waals surface area contributed by atoms with Gasteiger partial charge in [-0.2, -0.15) is 0 Å². The van der Waals surface area contributed by atoms with Crippen molar-refractivity contribution in [3.05, 3.63) is 95.6 Å². The summed E-state index contributed by atoms with van der Waals surface area (Å²) in [4.78, 5) is 27.1. The molecule has 3 rings (SSSR count). The van der Waals surface area contributed by atoms with Crippen LogP contribution in [0.15, 0.2) is 78.9 Å². The van der Waals surface area contributed by atoms with Crippen LogP contribution in [0.3, 0.4) is 0 Å². The Kier molecular flexibility index (Phi) is 5.67. The van der Waals surface area contributed by atoms with Crippen LogP contribution in [0.5, 0.6) is 0 Å². The molecular formula is C23H22N2O2. The number of hydrogen-bond acceptors (Lipinski definition) is 2. The van der Waals surface area contributed by atoms with Gasteiger partial charge in [-0.1, -0.05) is 42.5 Å². The largest absolute Gasteiger partial charge is 0.322 e. The van der Waals surface area contributed by atoms with E-state index in [1.807, 2.05) is 56.3 Å². The summed E-state index contributed by atoms with van der Waals surface area (Å²) in [6.45, 7) is 4.50. The Morgan fingerprint density at radius 1 is 0.852 bits per heavy atom. The summed E-state index contributed by atoms with van der Waals surface area (Å²) in [5, 5.41) is 2.85. The molecule has 0 fully saturated rings. The van der Waals surface area contributed by atoms with Crippen LogP contribution in [0.25, 0.3) is 0 Å². The molecule has 4 heteroatoms. The van der Waals surface area contributed by atoms with Crippen LogP contribution >= 0.6 is 0 Å². The Balaban J connectivity index is 1.83. The van der Waals surface area contributed by atoms with Gasteiger partial charge in [0.05, 0.1) is 0 Å². The Hall–Kier alpha value is -3.40. The van der Waals surface area contributed by atoms with Crippen molar-refractivity contribution < 1.29 is 9.59 Å². The van der Waals surface area contributed by atoms with Crippen molar-refractivity contribution in [3.63, 3.8) is 0 Å². The predicted octanol–water partition coefficient (Wildman–Crippen LogP) is 4.91. The molecule has 0 aromatic heterocycles. The summed E-state index contributed by atoms with van der Waals surface area (Å²) in [5.41, 5.74) is 3.63. The second-order valence-corrected chi connectivity index (χ2v) is 6.24. The summed E-state index contributed by atoms with van der Waals surface area (Å²) in [7, 11) is 0. The number of aryl methyl sites for hydroxylation is 1. The maximum absolute atomic E-state index is 13.0. The van der Waals surface area contributed by atoms with Crippen LogP contribution in [0, 0.1) is 6.92 Å². The number of carbonyl (C=O) groups excluding carboxylic acids is 2. The molecule has 3 aromatic rings. The molecule has 3 aromatic carbocycles. The highest BCUT2D eigenvalue weighted by Crippen LogP contribution is 2.22. The van der Waals surface area contributed by atoms with Gasteiger partial charge in [0.1, 0.15) is 0 Å².